The number of ether oxygens (including phenoxy) is 1. The average molecular weight is 423 g/mol. The van der Waals surface area contributed by atoms with Crippen molar-refractivity contribution >= 4 is 34.4 Å². The summed E-state index contributed by atoms with van der Waals surface area (Å²) in [7, 11) is 2.01. The second kappa shape index (κ2) is 7.93. The molecule has 2 aliphatic rings. The summed E-state index contributed by atoms with van der Waals surface area (Å²) in [6, 6.07) is 12.5. The molecule has 8 heteroatoms. The third-order valence-corrected chi connectivity index (χ3v) is 5.68. The third kappa shape index (κ3) is 3.69. The molecule has 3 N–H and O–H groups in total. The van der Waals surface area contributed by atoms with E-state index in [1.807, 2.05) is 25.5 Å². The second-order valence-corrected chi connectivity index (χ2v) is 7.80. The SMILES string of the molecule is CN1C=C(Nc2ccc(N3CCOCC3)cc2)Nc2c(Cl)cc(-c3cn[nH]c3)cc21. The number of benzene rings is 2. The first-order valence-electron chi connectivity index (χ1n) is 9.91. The summed E-state index contributed by atoms with van der Waals surface area (Å²) < 4.78 is 5.43. The first-order valence-corrected chi connectivity index (χ1v) is 10.3. The van der Waals surface area contributed by atoms with Crippen LogP contribution in [0.1, 0.15) is 0 Å². The summed E-state index contributed by atoms with van der Waals surface area (Å²) in [5.41, 5.74) is 6.12. The number of H-pyrrole nitrogens is 1. The Balaban J connectivity index is 1.34. The molecule has 7 nitrogen and oxygen atoms in total. The highest BCUT2D eigenvalue weighted by Crippen LogP contribution is 2.40. The van der Waals surface area contributed by atoms with Crippen molar-refractivity contribution in [2.45, 2.75) is 0 Å². The molecule has 0 spiro atoms. The predicted molar refractivity (Wildman–Crippen MR) is 122 cm³/mol. The molecular weight excluding hydrogens is 400 g/mol. The van der Waals surface area contributed by atoms with Crippen LogP contribution in [0.3, 0.4) is 0 Å². The van der Waals surface area contributed by atoms with Crippen LogP contribution in [0.4, 0.5) is 22.7 Å². The number of aromatic amines is 1. The maximum absolute atomic E-state index is 6.61. The molecule has 0 bridgehead atoms. The summed E-state index contributed by atoms with van der Waals surface area (Å²) in [4.78, 5) is 4.40. The van der Waals surface area contributed by atoms with Crippen molar-refractivity contribution in [3.8, 4) is 11.1 Å². The van der Waals surface area contributed by atoms with E-state index < -0.39 is 0 Å². The first-order chi connectivity index (χ1) is 14.7. The molecule has 0 amide bonds. The van der Waals surface area contributed by atoms with Crippen LogP contribution in [-0.2, 0) is 4.74 Å². The van der Waals surface area contributed by atoms with Gasteiger partial charge in [-0.3, -0.25) is 5.10 Å². The van der Waals surface area contributed by atoms with Gasteiger partial charge in [-0.25, -0.2) is 0 Å². The predicted octanol–water partition coefficient (Wildman–Crippen LogP) is 4.34. The molecule has 0 saturated carbocycles. The maximum Gasteiger partial charge on any atom is 0.124 e. The highest BCUT2D eigenvalue weighted by molar-refractivity contribution is 6.34. The molecule has 3 aromatic rings. The van der Waals surface area contributed by atoms with Crippen LogP contribution in [-0.4, -0.2) is 43.5 Å². The van der Waals surface area contributed by atoms with E-state index >= 15 is 0 Å². The minimum absolute atomic E-state index is 0.658. The van der Waals surface area contributed by atoms with Crippen molar-refractivity contribution in [2.75, 3.05) is 53.8 Å². The Morgan fingerprint density at radius 3 is 2.63 bits per heavy atom. The van der Waals surface area contributed by atoms with Gasteiger partial charge in [-0.05, 0) is 42.0 Å². The lowest BCUT2D eigenvalue weighted by atomic mass is 10.1. The van der Waals surface area contributed by atoms with Gasteiger partial charge in [-0.1, -0.05) is 11.6 Å². The number of morpholine rings is 1. The number of hydrogen-bond donors (Lipinski definition) is 3. The van der Waals surface area contributed by atoms with Gasteiger partial charge in [-0.15, -0.1) is 0 Å². The van der Waals surface area contributed by atoms with Gasteiger partial charge in [-0.2, -0.15) is 5.10 Å². The summed E-state index contributed by atoms with van der Waals surface area (Å²) in [5, 5.41) is 14.4. The van der Waals surface area contributed by atoms with Crippen LogP contribution in [0.25, 0.3) is 11.1 Å². The van der Waals surface area contributed by atoms with Gasteiger partial charge in [0.1, 0.15) is 5.82 Å². The Morgan fingerprint density at radius 1 is 1.10 bits per heavy atom. The Kier molecular flexibility index (Phi) is 4.98. The lowest BCUT2D eigenvalue weighted by molar-refractivity contribution is 0.122. The minimum Gasteiger partial charge on any atom is -0.378 e. The molecule has 30 heavy (non-hydrogen) atoms. The number of nitrogens with zero attached hydrogens (tertiary/aromatic N) is 3. The molecule has 1 saturated heterocycles. The van der Waals surface area contributed by atoms with Crippen LogP contribution >= 0.6 is 11.6 Å². The van der Waals surface area contributed by atoms with E-state index in [0.29, 0.717) is 5.02 Å². The Bertz CT molecular complexity index is 1060. The number of halogens is 1. The minimum atomic E-state index is 0.658. The van der Waals surface area contributed by atoms with Crippen LogP contribution < -0.4 is 20.4 Å². The van der Waals surface area contributed by atoms with Gasteiger partial charge >= 0.3 is 0 Å². The van der Waals surface area contributed by atoms with Crippen molar-refractivity contribution in [1.82, 2.24) is 10.2 Å². The van der Waals surface area contributed by atoms with Gasteiger partial charge in [0.15, 0.2) is 0 Å². The fourth-order valence-corrected chi connectivity index (χ4v) is 4.06. The molecule has 5 rings (SSSR count). The van der Waals surface area contributed by atoms with E-state index in [0.717, 1.165) is 60.3 Å². The van der Waals surface area contributed by atoms with Gasteiger partial charge in [0.25, 0.3) is 0 Å². The fourth-order valence-electron chi connectivity index (χ4n) is 3.80. The van der Waals surface area contributed by atoms with Gasteiger partial charge < -0.3 is 25.2 Å². The maximum atomic E-state index is 6.61. The summed E-state index contributed by atoms with van der Waals surface area (Å²) in [6.07, 6.45) is 5.67. The largest absolute Gasteiger partial charge is 0.378 e. The topological polar surface area (TPSA) is 68.4 Å². The molecule has 2 aromatic carbocycles. The number of anilines is 4. The normalized spacial score (nSPS) is 16.0. The summed E-state index contributed by atoms with van der Waals surface area (Å²) >= 11 is 6.61. The van der Waals surface area contributed by atoms with E-state index in [1.165, 1.54) is 5.69 Å². The van der Waals surface area contributed by atoms with Gasteiger partial charge in [0.2, 0.25) is 0 Å². The number of nitrogens with one attached hydrogen (secondary N) is 3. The quantitative estimate of drug-likeness (QED) is 0.581. The van der Waals surface area contributed by atoms with Crippen LogP contribution in [0.15, 0.2) is 60.8 Å². The Labute approximate surface area is 180 Å². The summed E-state index contributed by atoms with van der Waals surface area (Å²) in [6.45, 7) is 3.43. The van der Waals surface area contributed by atoms with E-state index in [4.69, 9.17) is 16.3 Å². The Morgan fingerprint density at radius 2 is 1.90 bits per heavy atom. The molecule has 154 valence electrons. The number of aromatic nitrogens is 2. The number of fused-ring (bicyclic) bond motifs is 1. The molecular formula is C22H23ClN6O. The van der Waals surface area contributed by atoms with E-state index in [2.05, 4.69) is 61.0 Å². The van der Waals surface area contributed by atoms with Crippen LogP contribution in [0.2, 0.25) is 5.02 Å². The van der Waals surface area contributed by atoms with Crippen LogP contribution in [0.5, 0.6) is 0 Å². The average Bonchev–Trinajstić information content (AvgIpc) is 3.31. The van der Waals surface area contributed by atoms with Crippen molar-refractivity contribution in [2.24, 2.45) is 0 Å². The molecule has 1 aromatic heterocycles. The van der Waals surface area contributed by atoms with Gasteiger partial charge in [0.05, 0.1) is 35.8 Å². The van der Waals surface area contributed by atoms with E-state index in [-0.39, 0.29) is 0 Å². The zero-order valence-corrected chi connectivity index (χ0v) is 17.4. The standard InChI is InChI=1S/C22H23ClN6O/c1-28-14-21(26-17-2-4-18(5-3-17)29-6-8-30-9-7-29)27-22-19(23)10-15(11-20(22)28)16-12-24-25-13-16/h2-5,10-14,26-27H,6-9H2,1H3,(H,24,25). The van der Waals surface area contributed by atoms with Crippen LogP contribution in [0, 0.1) is 0 Å². The number of rotatable bonds is 4. The summed E-state index contributed by atoms with van der Waals surface area (Å²) in [5.74, 6) is 0.863. The molecule has 0 atom stereocenters. The zero-order valence-electron chi connectivity index (χ0n) is 16.7. The number of hydrogen-bond acceptors (Lipinski definition) is 6. The fraction of sp³-hybridized carbons (Fsp3) is 0.227. The molecule has 1 fully saturated rings. The third-order valence-electron chi connectivity index (χ3n) is 5.39. The highest BCUT2D eigenvalue weighted by atomic mass is 35.5. The van der Waals surface area contributed by atoms with Crippen molar-refractivity contribution < 1.29 is 4.74 Å². The lowest BCUT2D eigenvalue weighted by Crippen LogP contribution is -2.36. The Hall–Kier alpha value is -3.16. The van der Waals surface area contributed by atoms with Gasteiger partial charge in [0, 0.05) is 49.5 Å². The van der Waals surface area contributed by atoms with Crippen molar-refractivity contribution in [3.05, 3.63) is 65.8 Å². The molecule has 0 aliphatic carbocycles. The molecule has 2 aliphatic heterocycles. The lowest BCUT2D eigenvalue weighted by Gasteiger charge is -2.30. The smallest absolute Gasteiger partial charge is 0.124 e. The monoisotopic (exact) mass is 422 g/mol. The zero-order chi connectivity index (χ0) is 20.5. The first kappa shape index (κ1) is 18.8. The molecule has 0 unspecified atom stereocenters. The molecule has 0 radical (unpaired) electrons. The highest BCUT2D eigenvalue weighted by Gasteiger charge is 2.19. The van der Waals surface area contributed by atoms with Crippen molar-refractivity contribution in [3.63, 3.8) is 0 Å². The molecule has 3 heterocycles. The van der Waals surface area contributed by atoms with E-state index in [1.54, 1.807) is 6.20 Å². The van der Waals surface area contributed by atoms with Crippen molar-refractivity contribution in [1.29, 1.82) is 0 Å². The second-order valence-electron chi connectivity index (χ2n) is 7.39. The van der Waals surface area contributed by atoms with E-state index in [9.17, 15) is 0 Å².